The first kappa shape index (κ1) is 59.2. The number of hydrogen-bond donors (Lipinski definition) is 6. The van der Waals surface area contributed by atoms with Gasteiger partial charge >= 0.3 is 0 Å². The van der Waals surface area contributed by atoms with Crippen LogP contribution in [0, 0.1) is 0 Å². The van der Waals surface area contributed by atoms with Gasteiger partial charge in [-0.1, -0.05) is 204 Å². The molecule has 7 unspecified atom stereocenters. The predicted octanol–water partition coefficient (Wildman–Crippen LogP) is 12.2. The number of carbonyl (C=O) groups is 1. The van der Waals surface area contributed by atoms with Crippen LogP contribution in [0.2, 0.25) is 0 Å². The molecule has 0 spiro atoms. The first-order valence-corrected chi connectivity index (χ1v) is 26.4. The van der Waals surface area contributed by atoms with Crippen molar-refractivity contribution in [2.24, 2.45) is 0 Å². The van der Waals surface area contributed by atoms with Crippen LogP contribution in [0.25, 0.3) is 0 Å². The molecule has 6 N–H and O–H groups in total. The molecule has 0 aromatic carbocycles. The number of ether oxygens (including phenoxy) is 2. The number of allylic oxidation sites excluding steroid dienone is 7. The molecule has 9 nitrogen and oxygen atoms in total. The Labute approximate surface area is 386 Å². The number of unbranched alkanes of at least 4 members (excludes halogenated alkanes) is 28. The Morgan fingerprint density at radius 3 is 1.33 bits per heavy atom. The minimum atomic E-state index is -1.58. The van der Waals surface area contributed by atoms with Crippen molar-refractivity contribution in [2.75, 3.05) is 13.2 Å². The van der Waals surface area contributed by atoms with Gasteiger partial charge < -0.3 is 40.3 Å². The molecule has 0 aliphatic carbocycles. The highest BCUT2D eigenvalue weighted by atomic mass is 16.7. The Bertz CT molecular complexity index is 1130. The summed E-state index contributed by atoms with van der Waals surface area (Å²) >= 11 is 0. The molecular weight excluding hydrogens is 791 g/mol. The molecule has 368 valence electrons. The molecule has 0 bridgehead atoms. The lowest BCUT2D eigenvalue weighted by molar-refractivity contribution is -0.302. The van der Waals surface area contributed by atoms with E-state index in [0.717, 1.165) is 64.2 Å². The average Bonchev–Trinajstić information content (AvgIpc) is 3.28. The van der Waals surface area contributed by atoms with Gasteiger partial charge in [0.15, 0.2) is 6.29 Å². The first-order valence-electron chi connectivity index (χ1n) is 26.4. The molecule has 1 saturated heterocycles. The molecule has 0 aromatic rings. The summed E-state index contributed by atoms with van der Waals surface area (Å²) in [5.74, 6) is -0.200. The Hall–Kier alpha value is -1.85. The zero-order chi connectivity index (χ0) is 45.9. The predicted molar refractivity (Wildman–Crippen MR) is 263 cm³/mol. The second-order valence-corrected chi connectivity index (χ2v) is 18.3. The van der Waals surface area contributed by atoms with Crippen molar-refractivity contribution >= 4 is 5.91 Å². The summed E-state index contributed by atoms with van der Waals surface area (Å²) in [4.78, 5) is 13.0. The molecule has 9 heteroatoms. The van der Waals surface area contributed by atoms with Crippen LogP contribution in [0.1, 0.15) is 232 Å². The molecule has 0 aromatic heterocycles. The molecule has 1 aliphatic heterocycles. The number of rotatable bonds is 44. The van der Waals surface area contributed by atoms with Crippen LogP contribution < -0.4 is 5.32 Å². The van der Waals surface area contributed by atoms with Gasteiger partial charge in [0, 0.05) is 6.42 Å². The lowest BCUT2D eigenvalue weighted by Crippen LogP contribution is -2.60. The zero-order valence-electron chi connectivity index (χ0n) is 40.6. The molecule has 1 rings (SSSR count). The van der Waals surface area contributed by atoms with Crippen molar-refractivity contribution in [3.05, 3.63) is 48.6 Å². The van der Waals surface area contributed by atoms with Gasteiger partial charge in [-0.3, -0.25) is 4.79 Å². The third-order valence-electron chi connectivity index (χ3n) is 12.4. The van der Waals surface area contributed by atoms with E-state index in [-0.39, 0.29) is 12.5 Å². The highest BCUT2D eigenvalue weighted by molar-refractivity contribution is 5.76. The monoisotopic (exact) mass is 890 g/mol. The maximum absolute atomic E-state index is 13.0. The van der Waals surface area contributed by atoms with Crippen LogP contribution in [-0.4, -0.2) is 87.5 Å². The third kappa shape index (κ3) is 34.2. The van der Waals surface area contributed by atoms with E-state index >= 15 is 0 Å². The van der Waals surface area contributed by atoms with Crippen LogP contribution in [0.3, 0.4) is 0 Å². The van der Waals surface area contributed by atoms with E-state index in [1.54, 1.807) is 6.08 Å². The molecule has 1 aliphatic rings. The maximum atomic E-state index is 13.0. The number of hydrogen-bond acceptors (Lipinski definition) is 8. The first-order chi connectivity index (χ1) is 30.8. The topological polar surface area (TPSA) is 149 Å². The largest absolute Gasteiger partial charge is 0.394 e. The van der Waals surface area contributed by atoms with E-state index in [1.165, 1.54) is 148 Å². The SMILES string of the molecule is CCCCCCC/C=C\CCCCCCCC(=O)NC(COC1OC(CO)C(O)C(O)C1O)C(O)/C=C/CC/C=C/CC/C=C/CCCCCCCCCCCCCCCCCC. The number of aliphatic hydroxyl groups excluding tert-OH is 5. The Morgan fingerprint density at radius 1 is 0.524 bits per heavy atom. The van der Waals surface area contributed by atoms with E-state index in [0.29, 0.717) is 6.42 Å². The molecule has 7 atom stereocenters. The van der Waals surface area contributed by atoms with Crippen LogP contribution in [0.4, 0.5) is 0 Å². The number of aliphatic hydroxyl groups is 5. The summed E-state index contributed by atoms with van der Waals surface area (Å²) in [5, 5.41) is 54.3. The fourth-order valence-corrected chi connectivity index (χ4v) is 8.12. The van der Waals surface area contributed by atoms with Gasteiger partial charge in [-0.2, -0.15) is 0 Å². The maximum Gasteiger partial charge on any atom is 0.220 e. The number of carbonyl (C=O) groups excluding carboxylic acids is 1. The van der Waals surface area contributed by atoms with Crippen molar-refractivity contribution in [3.8, 4) is 0 Å². The molecule has 63 heavy (non-hydrogen) atoms. The lowest BCUT2D eigenvalue weighted by Gasteiger charge is -2.40. The van der Waals surface area contributed by atoms with Gasteiger partial charge in [-0.05, 0) is 70.6 Å². The minimum Gasteiger partial charge on any atom is -0.394 e. The van der Waals surface area contributed by atoms with Crippen LogP contribution >= 0.6 is 0 Å². The Balaban J connectivity index is 2.30. The number of amides is 1. The van der Waals surface area contributed by atoms with E-state index in [2.05, 4.69) is 55.6 Å². The van der Waals surface area contributed by atoms with Gasteiger partial charge in [0.1, 0.15) is 24.4 Å². The van der Waals surface area contributed by atoms with Crippen LogP contribution in [-0.2, 0) is 14.3 Å². The Kier molecular flexibility index (Phi) is 41.3. The smallest absolute Gasteiger partial charge is 0.220 e. The summed E-state index contributed by atoms with van der Waals surface area (Å²) in [5.41, 5.74) is 0. The second kappa shape index (κ2) is 44.0. The molecule has 1 fully saturated rings. The van der Waals surface area contributed by atoms with Crippen LogP contribution in [0.15, 0.2) is 48.6 Å². The quantitative estimate of drug-likeness (QED) is 0.0262. The fourth-order valence-electron chi connectivity index (χ4n) is 8.12. The lowest BCUT2D eigenvalue weighted by atomic mass is 9.99. The third-order valence-corrected chi connectivity index (χ3v) is 12.4. The van der Waals surface area contributed by atoms with E-state index in [1.807, 2.05) is 6.08 Å². The standard InChI is InChI=1S/C54H99NO8/c1-3-5-7-9-11-13-15-17-19-20-21-22-23-24-25-26-27-28-29-30-31-33-35-37-39-41-43-48(57)47(46-62-54-53(61)52(60)51(59)49(45-56)63-54)55-50(58)44-42-40-38-36-34-32-18-16-14-12-10-8-6-4-2/h16,18,28-29,33,35,41,43,47-49,51-54,56-57,59-61H,3-15,17,19-27,30-32,34,36-40,42,44-46H2,1-2H3,(H,55,58)/b18-16-,29-28+,35-33+,43-41+. The van der Waals surface area contributed by atoms with E-state index in [9.17, 15) is 30.3 Å². The summed E-state index contributed by atoms with van der Waals surface area (Å²) in [6.45, 7) is 3.75. The highest BCUT2D eigenvalue weighted by Gasteiger charge is 2.44. The van der Waals surface area contributed by atoms with E-state index < -0.39 is 49.5 Å². The molecule has 0 saturated carbocycles. The van der Waals surface area contributed by atoms with Crippen molar-refractivity contribution in [2.45, 2.75) is 275 Å². The summed E-state index contributed by atoms with van der Waals surface area (Å²) in [7, 11) is 0. The Morgan fingerprint density at radius 2 is 0.905 bits per heavy atom. The van der Waals surface area contributed by atoms with Crippen molar-refractivity contribution in [1.29, 1.82) is 0 Å². The fraction of sp³-hybridized carbons (Fsp3) is 0.833. The summed E-state index contributed by atoms with van der Waals surface area (Å²) in [6.07, 6.45) is 50.3. The van der Waals surface area contributed by atoms with Gasteiger partial charge in [0.25, 0.3) is 0 Å². The zero-order valence-corrected chi connectivity index (χ0v) is 40.6. The van der Waals surface area contributed by atoms with Gasteiger partial charge in [-0.25, -0.2) is 0 Å². The molecule has 1 amide bonds. The highest BCUT2D eigenvalue weighted by Crippen LogP contribution is 2.23. The van der Waals surface area contributed by atoms with Gasteiger partial charge in [0.05, 0.1) is 25.4 Å². The summed E-state index contributed by atoms with van der Waals surface area (Å²) in [6, 6.07) is -0.832. The minimum absolute atomic E-state index is 0.200. The average molecular weight is 890 g/mol. The normalized spacial score (nSPS) is 20.5. The van der Waals surface area contributed by atoms with Crippen LogP contribution in [0.5, 0.6) is 0 Å². The summed E-state index contributed by atoms with van der Waals surface area (Å²) < 4.78 is 11.2. The second-order valence-electron chi connectivity index (χ2n) is 18.3. The van der Waals surface area contributed by atoms with Crippen molar-refractivity contribution in [1.82, 2.24) is 5.32 Å². The van der Waals surface area contributed by atoms with E-state index in [4.69, 9.17) is 9.47 Å². The van der Waals surface area contributed by atoms with Gasteiger partial charge in [-0.15, -0.1) is 0 Å². The van der Waals surface area contributed by atoms with Crippen molar-refractivity contribution in [3.63, 3.8) is 0 Å². The van der Waals surface area contributed by atoms with Gasteiger partial charge in [0.2, 0.25) is 5.91 Å². The molecule has 0 radical (unpaired) electrons. The molecular formula is C54H99NO8. The van der Waals surface area contributed by atoms with Crippen molar-refractivity contribution < 1.29 is 39.8 Å². The molecule has 1 heterocycles. The number of nitrogens with one attached hydrogen (secondary N) is 1.